The molecule has 0 unspecified atom stereocenters. The average molecular weight is 319 g/mol. The number of aryl methyl sites for hydroxylation is 2. The van der Waals surface area contributed by atoms with Crippen LogP contribution in [0.5, 0.6) is 5.75 Å². The Morgan fingerprint density at radius 1 is 0.917 bits per heavy atom. The molecule has 0 aliphatic heterocycles. The lowest BCUT2D eigenvalue weighted by molar-refractivity contribution is -0.122. The highest BCUT2D eigenvalue weighted by molar-refractivity contribution is 5.94. The molecule has 3 aromatic rings. The van der Waals surface area contributed by atoms with E-state index in [0.29, 0.717) is 5.75 Å². The lowest BCUT2D eigenvalue weighted by Gasteiger charge is -2.15. The lowest BCUT2D eigenvalue weighted by Crippen LogP contribution is -2.30. The molecule has 122 valence electrons. The third-order valence-electron chi connectivity index (χ3n) is 4.18. The summed E-state index contributed by atoms with van der Waals surface area (Å²) in [7, 11) is 0. The third-order valence-corrected chi connectivity index (χ3v) is 4.18. The summed E-state index contributed by atoms with van der Waals surface area (Å²) in [6, 6.07) is 19.8. The number of fused-ring (bicyclic) bond motifs is 1. The molecule has 0 radical (unpaired) electrons. The summed E-state index contributed by atoms with van der Waals surface area (Å²) in [5.41, 5.74) is 3.14. The molecule has 1 amide bonds. The number of anilines is 1. The van der Waals surface area contributed by atoms with Crippen LogP contribution < -0.4 is 10.1 Å². The Labute approximate surface area is 142 Å². The van der Waals surface area contributed by atoms with E-state index in [2.05, 4.69) is 11.4 Å². The molecule has 1 N–H and O–H groups in total. The molecule has 3 rings (SSSR count). The standard InChI is InChI=1S/C21H21NO2/c1-14-8-10-19(12-15(14)2)22-21(23)16(3)24-20-11-9-17-6-4-5-7-18(17)13-20/h4-13,16H,1-3H3,(H,22,23)/t16-/m0/s1. The van der Waals surface area contributed by atoms with Gasteiger partial charge >= 0.3 is 0 Å². The molecule has 1 atom stereocenters. The molecule has 0 bridgehead atoms. The maximum absolute atomic E-state index is 12.3. The van der Waals surface area contributed by atoms with Crippen molar-refractivity contribution in [1.82, 2.24) is 0 Å². The van der Waals surface area contributed by atoms with Crippen LogP contribution in [0.3, 0.4) is 0 Å². The zero-order valence-electron chi connectivity index (χ0n) is 14.2. The number of ether oxygens (including phenoxy) is 1. The zero-order chi connectivity index (χ0) is 17.1. The highest BCUT2D eigenvalue weighted by Gasteiger charge is 2.15. The van der Waals surface area contributed by atoms with Gasteiger partial charge < -0.3 is 10.1 Å². The van der Waals surface area contributed by atoms with Crippen molar-refractivity contribution in [3.8, 4) is 5.75 Å². The molecule has 0 aromatic heterocycles. The van der Waals surface area contributed by atoms with Crippen LogP contribution in [0.1, 0.15) is 18.1 Å². The van der Waals surface area contributed by atoms with Crippen LogP contribution in [0.25, 0.3) is 10.8 Å². The van der Waals surface area contributed by atoms with Gasteiger partial charge in [0.2, 0.25) is 0 Å². The van der Waals surface area contributed by atoms with E-state index in [0.717, 1.165) is 22.0 Å². The van der Waals surface area contributed by atoms with Gasteiger partial charge in [0.15, 0.2) is 6.10 Å². The molecule has 0 fully saturated rings. The topological polar surface area (TPSA) is 38.3 Å². The number of hydrogen-bond acceptors (Lipinski definition) is 2. The van der Waals surface area contributed by atoms with Crippen molar-refractivity contribution in [3.05, 3.63) is 71.8 Å². The summed E-state index contributed by atoms with van der Waals surface area (Å²) in [5, 5.41) is 5.15. The molecule has 3 heteroatoms. The Bertz CT molecular complexity index is 886. The quantitative estimate of drug-likeness (QED) is 0.745. The summed E-state index contributed by atoms with van der Waals surface area (Å²) in [6.45, 7) is 5.83. The highest BCUT2D eigenvalue weighted by atomic mass is 16.5. The number of carbonyl (C=O) groups is 1. The van der Waals surface area contributed by atoms with E-state index in [1.165, 1.54) is 5.56 Å². The number of rotatable bonds is 4. The largest absolute Gasteiger partial charge is 0.481 e. The van der Waals surface area contributed by atoms with Crippen LogP contribution in [0.15, 0.2) is 60.7 Å². The van der Waals surface area contributed by atoms with Gasteiger partial charge in [-0.3, -0.25) is 4.79 Å². The van der Waals surface area contributed by atoms with Crippen molar-refractivity contribution in [2.45, 2.75) is 26.9 Å². The van der Waals surface area contributed by atoms with E-state index in [4.69, 9.17) is 4.74 Å². The van der Waals surface area contributed by atoms with Crippen LogP contribution in [0, 0.1) is 13.8 Å². The molecule has 24 heavy (non-hydrogen) atoms. The first-order valence-corrected chi connectivity index (χ1v) is 8.06. The van der Waals surface area contributed by atoms with Gasteiger partial charge in [0.25, 0.3) is 5.91 Å². The predicted molar refractivity (Wildman–Crippen MR) is 98.6 cm³/mol. The molecule has 0 aliphatic rings. The normalized spacial score (nSPS) is 12.0. The van der Waals surface area contributed by atoms with Crippen molar-refractivity contribution >= 4 is 22.4 Å². The average Bonchev–Trinajstić information content (AvgIpc) is 2.58. The number of hydrogen-bond donors (Lipinski definition) is 1. The summed E-state index contributed by atoms with van der Waals surface area (Å²) >= 11 is 0. The summed E-state index contributed by atoms with van der Waals surface area (Å²) in [5.74, 6) is 0.530. The summed E-state index contributed by atoms with van der Waals surface area (Å²) < 4.78 is 5.80. The SMILES string of the molecule is Cc1ccc(NC(=O)[C@H](C)Oc2ccc3ccccc3c2)cc1C. The second-order valence-electron chi connectivity index (χ2n) is 6.06. The second kappa shape index (κ2) is 6.75. The van der Waals surface area contributed by atoms with E-state index in [1.54, 1.807) is 6.92 Å². The molecule has 0 aliphatic carbocycles. The first kappa shape index (κ1) is 16.1. The third kappa shape index (κ3) is 3.57. The minimum Gasteiger partial charge on any atom is -0.481 e. The minimum absolute atomic E-state index is 0.161. The van der Waals surface area contributed by atoms with Gasteiger partial charge in [-0.05, 0) is 66.9 Å². The Hall–Kier alpha value is -2.81. The molecule has 0 spiro atoms. The summed E-state index contributed by atoms with van der Waals surface area (Å²) in [4.78, 5) is 12.3. The Morgan fingerprint density at radius 3 is 2.42 bits per heavy atom. The maximum Gasteiger partial charge on any atom is 0.265 e. The Balaban J connectivity index is 1.69. The van der Waals surface area contributed by atoms with Crippen molar-refractivity contribution < 1.29 is 9.53 Å². The van der Waals surface area contributed by atoms with Crippen LogP contribution in [0.4, 0.5) is 5.69 Å². The van der Waals surface area contributed by atoms with Crippen LogP contribution in [-0.2, 0) is 4.79 Å². The van der Waals surface area contributed by atoms with E-state index >= 15 is 0 Å². The fourth-order valence-corrected chi connectivity index (χ4v) is 2.56. The monoisotopic (exact) mass is 319 g/mol. The fraction of sp³-hybridized carbons (Fsp3) is 0.190. The van der Waals surface area contributed by atoms with Gasteiger partial charge in [-0.25, -0.2) is 0 Å². The highest BCUT2D eigenvalue weighted by Crippen LogP contribution is 2.22. The van der Waals surface area contributed by atoms with Gasteiger partial charge in [0.1, 0.15) is 5.75 Å². The molecule has 3 aromatic carbocycles. The fourth-order valence-electron chi connectivity index (χ4n) is 2.56. The van der Waals surface area contributed by atoms with Gasteiger partial charge in [-0.2, -0.15) is 0 Å². The molecule has 0 saturated carbocycles. The van der Waals surface area contributed by atoms with E-state index in [1.807, 2.05) is 68.4 Å². The van der Waals surface area contributed by atoms with Crippen molar-refractivity contribution in [3.63, 3.8) is 0 Å². The number of benzene rings is 3. The maximum atomic E-state index is 12.3. The molecule has 3 nitrogen and oxygen atoms in total. The molecular weight excluding hydrogens is 298 g/mol. The predicted octanol–water partition coefficient (Wildman–Crippen LogP) is 4.86. The smallest absolute Gasteiger partial charge is 0.265 e. The van der Waals surface area contributed by atoms with Gasteiger partial charge in [-0.15, -0.1) is 0 Å². The Kier molecular flexibility index (Phi) is 4.52. The molecule has 0 heterocycles. The van der Waals surface area contributed by atoms with Crippen molar-refractivity contribution in [2.24, 2.45) is 0 Å². The van der Waals surface area contributed by atoms with E-state index in [9.17, 15) is 4.79 Å². The van der Waals surface area contributed by atoms with Gasteiger partial charge in [0.05, 0.1) is 0 Å². The second-order valence-corrected chi connectivity index (χ2v) is 6.06. The number of nitrogens with one attached hydrogen (secondary N) is 1. The van der Waals surface area contributed by atoms with Gasteiger partial charge in [0, 0.05) is 5.69 Å². The van der Waals surface area contributed by atoms with Crippen LogP contribution in [0.2, 0.25) is 0 Å². The number of amides is 1. The van der Waals surface area contributed by atoms with E-state index < -0.39 is 6.10 Å². The summed E-state index contributed by atoms with van der Waals surface area (Å²) in [6.07, 6.45) is -0.576. The Morgan fingerprint density at radius 2 is 1.67 bits per heavy atom. The molecule has 0 saturated heterocycles. The molecular formula is C21H21NO2. The van der Waals surface area contributed by atoms with E-state index in [-0.39, 0.29) is 5.91 Å². The van der Waals surface area contributed by atoms with Crippen molar-refractivity contribution in [1.29, 1.82) is 0 Å². The first-order chi connectivity index (χ1) is 11.5. The van der Waals surface area contributed by atoms with Crippen LogP contribution in [-0.4, -0.2) is 12.0 Å². The number of carbonyl (C=O) groups excluding carboxylic acids is 1. The zero-order valence-corrected chi connectivity index (χ0v) is 14.2. The van der Waals surface area contributed by atoms with Crippen molar-refractivity contribution in [2.75, 3.05) is 5.32 Å². The van der Waals surface area contributed by atoms with Gasteiger partial charge in [-0.1, -0.05) is 36.4 Å². The minimum atomic E-state index is -0.576. The lowest BCUT2D eigenvalue weighted by atomic mass is 10.1. The first-order valence-electron chi connectivity index (χ1n) is 8.06. The van der Waals surface area contributed by atoms with Crippen LogP contribution >= 0.6 is 0 Å².